The highest BCUT2D eigenvalue weighted by Crippen LogP contribution is 2.40. The highest BCUT2D eigenvalue weighted by Gasteiger charge is 2.33. The van der Waals surface area contributed by atoms with Crippen molar-refractivity contribution in [3.8, 4) is 0 Å². The summed E-state index contributed by atoms with van der Waals surface area (Å²) in [6.45, 7) is 2.57. The first-order valence-electron chi connectivity index (χ1n) is 6.18. The van der Waals surface area contributed by atoms with Gasteiger partial charge in [0.25, 0.3) is 0 Å². The molecule has 0 bridgehead atoms. The number of hydrogen-bond acceptors (Lipinski definition) is 6. The van der Waals surface area contributed by atoms with Crippen molar-refractivity contribution in [2.45, 2.75) is 20.0 Å². The monoisotopic (exact) mass is 313 g/mol. The molecule has 114 valence electrons. The molecule has 1 aliphatic heterocycles. The Labute approximate surface area is 124 Å². The molecule has 3 N–H and O–H groups in total. The van der Waals surface area contributed by atoms with Gasteiger partial charge in [0, 0.05) is 10.4 Å². The quantitative estimate of drug-likeness (QED) is 0.821. The van der Waals surface area contributed by atoms with Crippen molar-refractivity contribution in [2.24, 2.45) is 5.73 Å². The van der Waals surface area contributed by atoms with E-state index >= 15 is 0 Å². The van der Waals surface area contributed by atoms with Crippen molar-refractivity contribution in [3.63, 3.8) is 0 Å². The van der Waals surface area contributed by atoms with Gasteiger partial charge in [0.2, 0.25) is 0 Å². The number of amides is 3. The number of fused-ring (bicyclic) bond motifs is 1. The van der Waals surface area contributed by atoms with E-state index in [9.17, 15) is 14.4 Å². The van der Waals surface area contributed by atoms with Crippen molar-refractivity contribution < 1.29 is 23.9 Å². The van der Waals surface area contributed by atoms with Crippen LogP contribution in [0.15, 0.2) is 0 Å². The van der Waals surface area contributed by atoms with Crippen LogP contribution in [-0.4, -0.2) is 36.7 Å². The molecule has 0 atom stereocenters. The third kappa shape index (κ3) is 2.92. The molecule has 1 aromatic heterocycles. The van der Waals surface area contributed by atoms with Gasteiger partial charge in [-0.3, -0.25) is 4.90 Å². The van der Waals surface area contributed by atoms with Crippen molar-refractivity contribution in [1.29, 1.82) is 0 Å². The van der Waals surface area contributed by atoms with Gasteiger partial charge in [-0.15, -0.1) is 11.3 Å². The van der Waals surface area contributed by atoms with Crippen molar-refractivity contribution >= 4 is 35.1 Å². The van der Waals surface area contributed by atoms with Gasteiger partial charge in [0.1, 0.15) is 4.88 Å². The molecule has 0 aromatic carbocycles. The van der Waals surface area contributed by atoms with Crippen molar-refractivity contribution in [2.75, 3.05) is 19.0 Å². The number of thiophene rings is 1. The highest BCUT2D eigenvalue weighted by molar-refractivity contribution is 7.14. The number of nitrogens with one attached hydrogen (secondary N) is 1. The average molecular weight is 313 g/mol. The molecule has 1 aromatic rings. The highest BCUT2D eigenvalue weighted by atomic mass is 32.1. The molecular weight excluding hydrogens is 298 g/mol. The van der Waals surface area contributed by atoms with E-state index in [1.165, 1.54) is 23.3 Å². The first-order valence-corrected chi connectivity index (χ1v) is 7.00. The molecule has 0 saturated carbocycles. The Balaban J connectivity index is 2.30. The van der Waals surface area contributed by atoms with Crippen LogP contribution >= 0.6 is 11.3 Å². The molecule has 8 nitrogen and oxygen atoms in total. The molecule has 0 unspecified atom stereocenters. The van der Waals surface area contributed by atoms with E-state index in [-0.39, 0.29) is 18.0 Å². The summed E-state index contributed by atoms with van der Waals surface area (Å²) in [6, 6.07) is -0.782. The summed E-state index contributed by atoms with van der Waals surface area (Å²) in [5, 5.41) is 2.43. The van der Waals surface area contributed by atoms with Gasteiger partial charge in [0.15, 0.2) is 0 Å². The predicted octanol–water partition coefficient (Wildman–Crippen LogP) is 1.50. The zero-order valence-corrected chi connectivity index (χ0v) is 12.4. The lowest BCUT2D eigenvalue weighted by molar-refractivity contribution is 0.0607. The Morgan fingerprint density at radius 1 is 1.38 bits per heavy atom. The standard InChI is InChI=1S/C12H15N3O5S/c1-3-20-12(18)15-4-6-7(5-15)21-9(10(16)19-2)8(6)14-11(13)17/h3-5H2,1-2H3,(H3,13,14,17). The number of nitrogens with zero attached hydrogens (tertiary/aromatic N) is 1. The maximum absolute atomic E-state index is 11.7. The van der Waals surface area contributed by atoms with Crippen LogP contribution in [0.5, 0.6) is 0 Å². The number of hydrogen-bond donors (Lipinski definition) is 2. The van der Waals surface area contributed by atoms with Gasteiger partial charge in [-0.1, -0.05) is 0 Å². The van der Waals surface area contributed by atoms with E-state index in [1.807, 2.05) is 0 Å². The van der Waals surface area contributed by atoms with Crippen LogP contribution in [-0.2, 0) is 22.6 Å². The molecule has 1 aliphatic rings. The molecule has 3 amide bonds. The predicted molar refractivity (Wildman–Crippen MR) is 75.1 cm³/mol. The number of rotatable bonds is 3. The van der Waals surface area contributed by atoms with Gasteiger partial charge in [0.05, 0.1) is 32.5 Å². The molecule has 21 heavy (non-hydrogen) atoms. The number of carbonyl (C=O) groups excluding carboxylic acids is 3. The van der Waals surface area contributed by atoms with Crippen LogP contribution < -0.4 is 11.1 Å². The third-order valence-corrected chi connectivity index (χ3v) is 4.12. The summed E-state index contributed by atoms with van der Waals surface area (Å²) < 4.78 is 9.62. The molecular formula is C12H15N3O5S. The van der Waals surface area contributed by atoms with Crippen LogP contribution in [0.25, 0.3) is 0 Å². The summed E-state index contributed by atoms with van der Waals surface area (Å²) in [5.74, 6) is -0.555. The van der Waals surface area contributed by atoms with E-state index < -0.39 is 18.1 Å². The second-order valence-electron chi connectivity index (χ2n) is 4.24. The number of ether oxygens (including phenoxy) is 2. The van der Waals surface area contributed by atoms with Crippen LogP contribution in [0.1, 0.15) is 27.0 Å². The number of esters is 1. The second kappa shape index (κ2) is 6.00. The molecule has 2 heterocycles. The fourth-order valence-electron chi connectivity index (χ4n) is 2.06. The lowest BCUT2D eigenvalue weighted by Crippen LogP contribution is -2.27. The van der Waals surface area contributed by atoms with E-state index in [2.05, 4.69) is 10.1 Å². The molecule has 9 heteroatoms. The number of primary amides is 1. The normalized spacial score (nSPS) is 12.8. The zero-order chi connectivity index (χ0) is 15.6. The number of carbonyl (C=O) groups is 3. The molecule has 2 rings (SSSR count). The molecule has 0 radical (unpaired) electrons. The summed E-state index contributed by atoms with van der Waals surface area (Å²) in [4.78, 5) is 37.1. The summed E-state index contributed by atoms with van der Waals surface area (Å²) in [5.41, 5.74) is 6.12. The smallest absolute Gasteiger partial charge is 0.410 e. The fraction of sp³-hybridized carbons (Fsp3) is 0.417. The van der Waals surface area contributed by atoms with Gasteiger partial charge in [-0.05, 0) is 6.92 Å². The number of methoxy groups -OCH3 is 1. The molecule has 0 fully saturated rings. The topological polar surface area (TPSA) is 111 Å². The van der Waals surface area contributed by atoms with Gasteiger partial charge in [-0.25, -0.2) is 14.4 Å². The van der Waals surface area contributed by atoms with Gasteiger partial charge >= 0.3 is 18.1 Å². The Morgan fingerprint density at radius 2 is 2.10 bits per heavy atom. The van der Waals surface area contributed by atoms with E-state index in [0.717, 1.165) is 4.88 Å². The summed E-state index contributed by atoms with van der Waals surface area (Å²) >= 11 is 1.17. The lowest BCUT2D eigenvalue weighted by Gasteiger charge is -2.15. The van der Waals surface area contributed by atoms with Gasteiger partial charge in [-0.2, -0.15) is 0 Å². The first-order chi connectivity index (χ1) is 9.97. The molecule has 0 spiro atoms. The lowest BCUT2D eigenvalue weighted by atomic mass is 10.2. The van der Waals surface area contributed by atoms with Crippen molar-refractivity contribution in [3.05, 3.63) is 15.3 Å². The summed E-state index contributed by atoms with van der Waals surface area (Å²) in [6.07, 6.45) is -0.439. The Bertz CT molecular complexity index is 598. The minimum absolute atomic E-state index is 0.247. The van der Waals surface area contributed by atoms with Crippen LogP contribution in [0.4, 0.5) is 15.3 Å². The SMILES string of the molecule is CCOC(=O)N1Cc2sc(C(=O)OC)c(NC(N)=O)c2C1. The minimum Gasteiger partial charge on any atom is -0.465 e. The maximum Gasteiger partial charge on any atom is 0.410 e. The van der Waals surface area contributed by atoms with E-state index in [4.69, 9.17) is 10.5 Å². The van der Waals surface area contributed by atoms with Crippen molar-refractivity contribution in [1.82, 2.24) is 4.90 Å². The maximum atomic E-state index is 11.7. The number of anilines is 1. The summed E-state index contributed by atoms with van der Waals surface area (Å²) in [7, 11) is 1.26. The van der Waals surface area contributed by atoms with Gasteiger partial charge < -0.3 is 20.5 Å². The Hall–Kier alpha value is -2.29. The average Bonchev–Trinajstić information content (AvgIpc) is 2.97. The first kappa shape index (κ1) is 15.1. The van der Waals surface area contributed by atoms with Crippen LogP contribution in [0, 0.1) is 0 Å². The van der Waals surface area contributed by atoms with Crippen LogP contribution in [0.3, 0.4) is 0 Å². The number of nitrogens with two attached hydrogens (primary N) is 1. The van der Waals surface area contributed by atoms with E-state index in [1.54, 1.807) is 6.92 Å². The zero-order valence-electron chi connectivity index (χ0n) is 11.6. The Kier molecular flexibility index (Phi) is 4.32. The molecule has 0 aliphatic carbocycles. The Morgan fingerprint density at radius 3 is 2.67 bits per heavy atom. The largest absolute Gasteiger partial charge is 0.465 e. The van der Waals surface area contributed by atoms with Crippen LogP contribution in [0.2, 0.25) is 0 Å². The van der Waals surface area contributed by atoms with E-state index in [0.29, 0.717) is 17.8 Å². The fourth-order valence-corrected chi connectivity index (χ4v) is 3.26. The number of urea groups is 1. The third-order valence-electron chi connectivity index (χ3n) is 2.92. The molecule has 0 saturated heterocycles. The second-order valence-corrected chi connectivity index (χ2v) is 5.35. The minimum atomic E-state index is -0.782.